The summed E-state index contributed by atoms with van der Waals surface area (Å²) in [5.74, 6) is 4.48. The molecular formula is C14H24N4. The van der Waals surface area contributed by atoms with Crippen LogP contribution in [0.25, 0.3) is 0 Å². The van der Waals surface area contributed by atoms with E-state index in [9.17, 15) is 0 Å². The van der Waals surface area contributed by atoms with E-state index in [2.05, 4.69) is 41.4 Å². The highest BCUT2D eigenvalue weighted by atomic mass is 15.1. The van der Waals surface area contributed by atoms with E-state index in [0.717, 1.165) is 54.4 Å². The van der Waals surface area contributed by atoms with Gasteiger partial charge in [-0.15, -0.1) is 0 Å². The lowest BCUT2D eigenvalue weighted by Gasteiger charge is -2.13. The normalized spacial score (nSPS) is 21.8. The second kappa shape index (κ2) is 5.55. The average molecular weight is 248 g/mol. The molecule has 1 fully saturated rings. The van der Waals surface area contributed by atoms with Crippen molar-refractivity contribution in [2.24, 2.45) is 11.8 Å². The largest absolute Gasteiger partial charge is 0.370 e. The predicted octanol–water partition coefficient (Wildman–Crippen LogP) is 2.98. The first-order valence-corrected chi connectivity index (χ1v) is 6.94. The third-order valence-electron chi connectivity index (χ3n) is 3.61. The Morgan fingerprint density at radius 3 is 2.33 bits per heavy atom. The Hall–Kier alpha value is -1.32. The monoisotopic (exact) mass is 248 g/mol. The van der Waals surface area contributed by atoms with Crippen LogP contribution < -0.4 is 10.6 Å². The molecule has 0 aromatic carbocycles. The molecule has 0 radical (unpaired) electrons. The highest BCUT2D eigenvalue weighted by Gasteiger charge is 2.32. The quantitative estimate of drug-likeness (QED) is 0.812. The van der Waals surface area contributed by atoms with Gasteiger partial charge in [-0.3, -0.25) is 0 Å². The molecule has 0 spiro atoms. The molecule has 2 atom stereocenters. The van der Waals surface area contributed by atoms with Crippen molar-refractivity contribution in [3.63, 3.8) is 0 Å². The molecule has 1 aromatic heterocycles. The van der Waals surface area contributed by atoms with Gasteiger partial charge in [0.05, 0.1) is 0 Å². The number of aryl methyl sites for hydroxylation is 1. The Morgan fingerprint density at radius 1 is 1.17 bits per heavy atom. The summed E-state index contributed by atoms with van der Waals surface area (Å²) in [4.78, 5) is 8.97. The Labute approximate surface area is 110 Å². The lowest BCUT2D eigenvalue weighted by molar-refractivity contribution is 0.782. The molecular weight excluding hydrogens is 224 g/mol. The van der Waals surface area contributed by atoms with Crippen LogP contribution >= 0.6 is 0 Å². The third-order valence-corrected chi connectivity index (χ3v) is 3.61. The number of aromatic nitrogens is 2. The Bertz CT molecular complexity index is 417. The summed E-state index contributed by atoms with van der Waals surface area (Å²) in [6, 6.07) is 0. The first-order chi connectivity index (χ1) is 8.61. The van der Waals surface area contributed by atoms with Crippen LogP contribution in [-0.4, -0.2) is 23.1 Å². The van der Waals surface area contributed by atoms with Crippen molar-refractivity contribution in [2.45, 2.75) is 40.5 Å². The molecule has 1 heterocycles. The number of hydrogen-bond donors (Lipinski definition) is 2. The molecule has 2 rings (SSSR count). The van der Waals surface area contributed by atoms with E-state index < -0.39 is 0 Å². The molecule has 1 aliphatic carbocycles. The lowest BCUT2D eigenvalue weighted by Crippen LogP contribution is -2.12. The van der Waals surface area contributed by atoms with Gasteiger partial charge in [0.2, 0.25) is 0 Å². The molecule has 0 bridgehead atoms. The van der Waals surface area contributed by atoms with E-state index in [0.29, 0.717) is 0 Å². The van der Waals surface area contributed by atoms with E-state index in [1.807, 2.05) is 6.92 Å². The first kappa shape index (κ1) is 13.1. The molecule has 0 aliphatic heterocycles. The molecule has 100 valence electrons. The van der Waals surface area contributed by atoms with Gasteiger partial charge in [-0.05, 0) is 38.5 Å². The highest BCUT2D eigenvalue weighted by Crippen LogP contribution is 2.37. The van der Waals surface area contributed by atoms with Crippen molar-refractivity contribution in [2.75, 3.05) is 23.7 Å². The van der Waals surface area contributed by atoms with Gasteiger partial charge in [-0.25, -0.2) is 9.97 Å². The molecule has 2 unspecified atom stereocenters. The lowest BCUT2D eigenvalue weighted by atomic mass is 10.2. The van der Waals surface area contributed by atoms with Crippen molar-refractivity contribution < 1.29 is 0 Å². The van der Waals surface area contributed by atoms with Crippen molar-refractivity contribution in [3.8, 4) is 0 Å². The van der Waals surface area contributed by atoms with Gasteiger partial charge in [0, 0.05) is 18.7 Å². The summed E-state index contributed by atoms with van der Waals surface area (Å²) >= 11 is 0. The van der Waals surface area contributed by atoms with E-state index in [-0.39, 0.29) is 0 Å². The zero-order valence-corrected chi connectivity index (χ0v) is 11.9. The van der Waals surface area contributed by atoms with Crippen molar-refractivity contribution >= 4 is 11.6 Å². The minimum absolute atomic E-state index is 0.825. The molecule has 0 saturated heterocycles. The fourth-order valence-electron chi connectivity index (χ4n) is 2.13. The molecule has 1 aliphatic rings. The van der Waals surface area contributed by atoms with Gasteiger partial charge in [-0.2, -0.15) is 0 Å². The zero-order valence-electron chi connectivity index (χ0n) is 11.9. The molecule has 2 N–H and O–H groups in total. The fraction of sp³-hybridized carbons (Fsp3) is 0.714. The SMILES string of the molecule is CCCNc1nc(C)nc(NCC2CC2C)c1C. The second-order valence-electron chi connectivity index (χ2n) is 5.37. The standard InChI is InChI=1S/C14H24N4/c1-5-6-15-13-10(3)14(18-11(4)17-13)16-8-12-7-9(12)2/h9,12H,5-8H2,1-4H3,(H2,15,16,17,18). The Morgan fingerprint density at radius 2 is 1.78 bits per heavy atom. The van der Waals surface area contributed by atoms with E-state index in [4.69, 9.17) is 0 Å². The average Bonchev–Trinajstić information content (AvgIpc) is 3.04. The van der Waals surface area contributed by atoms with E-state index in [1.165, 1.54) is 6.42 Å². The van der Waals surface area contributed by atoms with E-state index in [1.54, 1.807) is 0 Å². The van der Waals surface area contributed by atoms with Crippen molar-refractivity contribution in [3.05, 3.63) is 11.4 Å². The van der Waals surface area contributed by atoms with Gasteiger partial charge in [0.1, 0.15) is 17.5 Å². The Kier molecular flexibility index (Phi) is 4.04. The topological polar surface area (TPSA) is 49.8 Å². The maximum Gasteiger partial charge on any atom is 0.134 e. The first-order valence-electron chi connectivity index (χ1n) is 6.94. The van der Waals surface area contributed by atoms with Crippen LogP contribution in [0.5, 0.6) is 0 Å². The van der Waals surface area contributed by atoms with Crippen LogP contribution in [0.2, 0.25) is 0 Å². The summed E-state index contributed by atoms with van der Waals surface area (Å²) in [7, 11) is 0. The molecule has 4 nitrogen and oxygen atoms in total. The third kappa shape index (κ3) is 3.12. The van der Waals surface area contributed by atoms with Gasteiger partial charge >= 0.3 is 0 Å². The fourth-order valence-corrected chi connectivity index (χ4v) is 2.13. The summed E-state index contributed by atoms with van der Waals surface area (Å²) < 4.78 is 0. The smallest absolute Gasteiger partial charge is 0.134 e. The van der Waals surface area contributed by atoms with Crippen molar-refractivity contribution in [1.29, 1.82) is 0 Å². The maximum atomic E-state index is 4.50. The van der Waals surface area contributed by atoms with Crippen LogP contribution in [-0.2, 0) is 0 Å². The van der Waals surface area contributed by atoms with Gasteiger partial charge in [0.25, 0.3) is 0 Å². The molecule has 1 aromatic rings. The van der Waals surface area contributed by atoms with Crippen LogP contribution in [0, 0.1) is 25.7 Å². The Balaban J connectivity index is 2.05. The van der Waals surface area contributed by atoms with Crippen molar-refractivity contribution in [1.82, 2.24) is 9.97 Å². The number of rotatable bonds is 6. The van der Waals surface area contributed by atoms with Crippen LogP contribution in [0.15, 0.2) is 0 Å². The van der Waals surface area contributed by atoms with Gasteiger partial charge < -0.3 is 10.6 Å². The number of hydrogen-bond acceptors (Lipinski definition) is 4. The molecule has 4 heteroatoms. The minimum atomic E-state index is 0.825. The second-order valence-corrected chi connectivity index (χ2v) is 5.37. The minimum Gasteiger partial charge on any atom is -0.370 e. The molecule has 1 saturated carbocycles. The number of anilines is 2. The van der Waals surface area contributed by atoms with Crippen LogP contribution in [0.3, 0.4) is 0 Å². The summed E-state index contributed by atoms with van der Waals surface area (Å²) in [5, 5.41) is 6.84. The van der Waals surface area contributed by atoms with E-state index >= 15 is 0 Å². The van der Waals surface area contributed by atoms with Gasteiger partial charge in [-0.1, -0.05) is 13.8 Å². The van der Waals surface area contributed by atoms with Gasteiger partial charge in [0.15, 0.2) is 0 Å². The highest BCUT2D eigenvalue weighted by molar-refractivity contribution is 5.57. The number of nitrogens with zero attached hydrogens (tertiary/aromatic N) is 2. The number of nitrogens with one attached hydrogen (secondary N) is 2. The van der Waals surface area contributed by atoms with Crippen LogP contribution in [0.1, 0.15) is 38.1 Å². The summed E-state index contributed by atoms with van der Waals surface area (Å²) in [6.45, 7) is 10.5. The predicted molar refractivity (Wildman–Crippen MR) is 76.0 cm³/mol. The maximum absolute atomic E-state index is 4.50. The summed E-state index contributed by atoms with van der Waals surface area (Å²) in [6.07, 6.45) is 2.45. The molecule has 18 heavy (non-hydrogen) atoms. The molecule has 0 amide bonds. The van der Waals surface area contributed by atoms with Crippen LogP contribution in [0.4, 0.5) is 11.6 Å². The zero-order chi connectivity index (χ0) is 13.1. The summed E-state index contributed by atoms with van der Waals surface area (Å²) in [5.41, 5.74) is 1.13.